The fraction of sp³-hybridized carbons (Fsp3) is 0.235. The first-order valence-electron chi connectivity index (χ1n) is 7.90. The van der Waals surface area contributed by atoms with E-state index in [1.54, 1.807) is 12.3 Å². The van der Waals surface area contributed by atoms with E-state index < -0.39 is 11.7 Å². The molecule has 0 bridgehead atoms. The lowest BCUT2D eigenvalue weighted by Gasteiger charge is -2.28. The van der Waals surface area contributed by atoms with E-state index in [1.165, 1.54) is 12.1 Å². The first-order chi connectivity index (χ1) is 12.1. The Kier molecular flexibility index (Phi) is 3.81. The number of nitrogens with one attached hydrogen (secondary N) is 1. The van der Waals surface area contributed by atoms with E-state index in [4.69, 9.17) is 10.5 Å². The molecule has 3 aromatic rings. The van der Waals surface area contributed by atoms with Crippen LogP contribution in [-0.4, -0.2) is 47.2 Å². The van der Waals surface area contributed by atoms with Crippen LogP contribution in [0.1, 0.15) is 10.6 Å². The van der Waals surface area contributed by atoms with Gasteiger partial charge < -0.3 is 20.4 Å². The molecule has 0 aliphatic carbocycles. The van der Waals surface area contributed by atoms with Gasteiger partial charge in [0.15, 0.2) is 0 Å². The van der Waals surface area contributed by atoms with Crippen molar-refractivity contribution in [3.05, 3.63) is 42.1 Å². The number of fused-ring (bicyclic) bond motifs is 1. The molecule has 1 aliphatic heterocycles. The molecule has 3 heterocycles. The highest BCUT2D eigenvalue weighted by Gasteiger charge is 2.19. The van der Waals surface area contributed by atoms with Gasteiger partial charge >= 0.3 is 0 Å². The maximum absolute atomic E-state index is 14.0. The van der Waals surface area contributed by atoms with Crippen LogP contribution in [0.4, 0.5) is 10.2 Å². The maximum Gasteiger partial charge on any atom is 0.286 e. The number of benzene rings is 1. The van der Waals surface area contributed by atoms with Gasteiger partial charge in [-0.3, -0.25) is 4.79 Å². The van der Waals surface area contributed by atoms with Crippen LogP contribution in [0.5, 0.6) is 0 Å². The molecule has 1 fully saturated rings. The van der Waals surface area contributed by atoms with Crippen LogP contribution in [-0.2, 0) is 4.74 Å². The number of nitrogens with two attached hydrogens (primary N) is 1. The number of ether oxygens (including phenoxy) is 1. The van der Waals surface area contributed by atoms with Crippen molar-refractivity contribution in [1.29, 1.82) is 0 Å². The number of aromatic amines is 1. The van der Waals surface area contributed by atoms with E-state index in [0.717, 1.165) is 5.39 Å². The van der Waals surface area contributed by atoms with Crippen LogP contribution in [0.2, 0.25) is 0 Å². The van der Waals surface area contributed by atoms with Gasteiger partial charge in [-0.25, -0.2) is 14.4 Å². The Morgan fingerprint density at radius 3 is 2.80 bits per heavy atom. The smallest absolute Gasteiger partial charge is 0.286 e. The summed E-state index contributed by atoms with van der Waals surface area (Å²) in [7, 11) is 0. The fourth-order valence-electron chi connectivity index (χ4n) is 2.98. The lowest BCUT2D eigenvalue weighted by atomic mass is 10.1. The monoisotopic (exact) mass is 341 g/mol. The summed E-state index contributed by atoms with van der Waals surface area (Å²) in [5, 5.41) is 0.809. The number of primary amides is 1. The van der Waals surface area contributed by atoms with Crippen LogP contribution in [0.15, 0.2) is 30.5 Å². The summed E-state index contributed by atoms with van der Waals surface area (Å²) in [6, 6.07) is 6.40. The van der Waals surface area contributed by atoms with E-state index in [-0.39, 0.29) is 5.82 Å². The third kappa shape index (κ3) is 2.91. The van der Waals surface area contributed by atoms with E-state index in [1.807, 2.05) is 11.0 Å². The summed E-state index contributed by atoms with van der Waals surface area (Å²) in [5.41, 5.74) is 7.08. The van der Waals surface area contributed by atoms with Gasteiger partial charge in [0.1, 0.15) is 11.6 Å². The zero-order chi connectivity index (χ0) is 17.4. The van der Waals surface area contributed by atoms with Gasteiger partial charge in [-0.1, -0.05) is 0 Å². The first kappa shape index (κ1) is 15.5. The SMILES string of the molecule is NC(=O)c1nc(-c2cc(F)cc3[nH]ccc23)cc(N2CCOCC2)n1. The zero-order valence-corrected chi connectivity index (χ0v) is 13.3. The Morgan fingerprint density at radius 2 is 2.04 bits per heavy atom. The number of aromatic nitrogens is 3. The first-order valence-corrected chi connectivity index (χ1v) is 7.90. The number of hydrogen-bond donors (Lipinski definition) is 2. The summed E-state index contributed by atoms with van der Waals surface area (Å²) in [4.78, 5) is 25.2. The second-order valence-electron chi connectivity index (χ2n) is 5.79. The van der Waals surface area contributed by atoms with Crippen molar-refractivity contribution in [2.24, 2.45) is 5.73 Å². The number of H-pyrrole nitrogens is 1. The molecule has 25 heavy (non-hydrogen) atoms. The molecular weight excluding hydrogens is 325 g/mol. The number of carbonyl (C=O) groups excluding carboxylic acids is 1. The number of hydrogen-bond acceptors (Lipinski definition) is 5. The molecule has 1 aliphatic rings. The van der Waals surface area contributed by atoms with Gasteiger partial charge in [0.2, 0.25) is 5.82 Å². The molecule has 0 saturated carbocycles. The van der Waals surface area contributed by atoms with Crippen LogP contribution >= 0.6 is 0 Å². The average Bonchev–Trinajstić information content (AvgIpc) is 3.09. The lowest BCUT2D eigenvalue weighted by molar-refractivity contribution is 0.0990. The van der Waals surface area contributed by atoms with Gasteiger partial charge in [-0.15, -0.1) is 0 Å². The third-order valence-electron chi connectivity index (χ3n) is 4.18. The van der Waals surface area contributed by atoms with Crippen molar-refractivity contribution < 1.29 is 13.9 Å². The Balaban J connectivity index is 1.89. The molecule has 0 unspecified atom stereocenters. The number of carbonyl (C=O) groups is 1. The van der Waals surface area contributed by atoms with Gasteiger partial charge in [0.25, 0.3) is 5.91 Å². The minimum Gasteiger partial charge on any atom is -0.378 e. The quantitative estimate of drug-likeness (QED) is 0.756. The summed E-state index contributed by atoms with van der Waals surface area (Å²) in [5.74, 6) is -0.628. The third-order valence-corrected chi connectivity index (χ3v) is 4.18. The average molecular weight is 341 g/mol. The predicted octanol–water partition coefficient (Wildman–Crippen LogP) is 1.70. The predicted molar refractivity (Wildman–Crippen MR) is 90.8 cm³/mol. The molecule has 0 atom stereocenters. The number of anilines is 1. The van der Waals surface area contributed by atoms with Crippen molar-refractivity contribution in [1.82, 2.24) is 15.0 Å². The van der Waals surface area contributed by atoms with Crippen LogP contribution in [0, 0.1) is 5.82 Å². The molecular formula is C17H16FN5O2. The maximum atomic E-state index is 14.0. The summed E-state index contributed by atoms with van der Waals surface area (Å²) >= 11 is 0. The molecule has 1 amide bonds. The molecule has 2 aromatic heterocycles. The number of nitrogens with zero attached hydrogens (tertiary/aromatic N) is 3. The van der Waals surface area contributed by atoms with Gasteiger partial charge in [0.05, 0.1) is 18.9 Å². The van der Waals surface area contributed by atoms with Crippen molar-refractivity contribution in [2.45, 2.75) is 0 Å². The standard InChI is InChI=1S/C17H16FN5O2/c18-10-7-12(11-1-2-20-13(11)8-10)14-9-15(22-17(21-14)16(19)24)23-3-5-25-6-4-23/h1-2,7-9,20H,3-6H2,(H2,19,24). The molecule has 3 N–H and O–H groups in total. The highest BCUT2D eigenvalue weighted by atomic mass is 19.1. The summed E-state index contributed by atoms with van der Waals surface area (Å²) in [6.07, 6.45) is 1.73. The van der Waals surface area contributed by atoms with Gasteiger partial charge in [0, 0.05) is 41.8 Å². The number of morpholine rings is 1. The summed E-state index contributed by atoms with van der Waals surface area (Å²) in [6.45, 7) is 2.45. The second-order valence-corrected chi connectivity index (χ2v) is 5.79. The Labute approximate surface area is 142 Å². The molecule has 4 rings (SSSR count). The Hall–Kier alpha value is -3.00. The normalized spacial score (nSPS) is 14.8. The van der Waals surface area contributed by atoms with Crippen molar-refractivity contribution >= 4 is 22.6 Å². The van der Waals surface area contributed by atoms with Crippen molar-refractivity contribution in [3.63, 3.8) is 0 Å². The molecule has 1 aromatic carbocycles. The van der Waals surface area contributed by atoms with E-state index in [2.05, 4.69) is 15.0 Å². The molecule has 0 radical (unpaired) electrons. The Bertz CT molecular complexity index is 949. The van der Waals surface area contributed by atoms with Crippen LogP contribution in [0.25, 0.3) is 22.2 Å². The van der Waals surface area contributed by atoms with Gasteiger partial charge in [-0.05, 0) is 18.2 Å². The zero-order valence-electron chi connectivity index (χ0n) is 13.3. The number of halogens is 1. The highest BCUT2D eigenvalue weighted by molar-refractivity contribution is 5.96. The largest absolute Gasteiger partial charge is 0.378 e. The summed E-state index contributed by atoms with van der Waals surface area (Å²) < 4.78 is 19.3. The van der Waals surface area contributed by atoms with E-state index in [0.29, 0.717) is 48.9 Å². The molecule has 128 valence electrons. The van der Waals surface area contributed by atoms with Crippen LogP contribution in [0.3, 0.4) is 0 Å². The molecule has 7 nitrogen and oxygen atoms in total. The van der Waals surface area contributed by atoms with Gasteiger partial charge in [-0.2, -0.15) is 0 Å². The van der Waals surface area contributed by atoms with Crippen LogP contribution < -0.4 is 10.6 Å². The molecule has 8 heteroatoms. The second kappa shape index (κ2) is 6.14. The van der Waals surface area contributed by atoms with Crippen molar-refractivity contribution in [2.75, 3.05) is 31.2 Å². The lowest BCUT2D eigenvalue weighted by Crippen LogP contribution is -2.37. The number of amides is 1. The van der Waals surface area contributed by atoms with E-state index >= 15 is 0 Å². The molecule has 1 saturated heterocycles. The number of rotatable bonds is 3. The van der Waals surface area contributed by atoms with E-state index in [9.17, 15) is 9.18 Å². The minimum atomic E-state index is -0.724. The van der Waals surface area contributed by atoms with Crippen molar-refractivity contribution in [3.8, 4) is 11.3 Å². The minimum absolute atomic E-state index is 0.0908. The Morgan fingerprint density at radius 1 is 1.24 bits per heavy atom. The highest BCUT2D eigenvalue weighted by Crippen LogP contribution is 2.30. The fourth-order valence-corrected chi connectivity index (χ4v) is 2.98. The topological polar surface area (TPSA) is 97.1 Å². The molecule has 0 spiro atoms.